The Hall–Kier alpha value is -2.07. The molecule has 1 N–H and O–H groups in total. The van der Waals surface area contributed by atoms with Gasteiger partial charge in [0, 0.05) is 5.02 Å². The van der Waals surface area contributed by atoms with Gasteiger partial charge in [-0.1, -0.05) is 29.8 Å². The van der Waals surface area contributed by atoms with E-state index < -0.39 is 11.7 Å². The number of halogens is 2. The van der Waals surface area contributed by atoms with Crippen molar-refractivity contribution in [3.05, 3.63) is 58.9 Å². The summed E-state index contributed by atoms with van der Waals surface area (Å²) in [6, 6.07) is 11.3. The summed E-state index contributed by atoms with van der Waals surface area (Å²) >= 11 is 5.74. The van der Waals surface area contributed by atoms with E-state index in [1.54, 1.807) is 6.07 Å². The van der Waals surface area contributed by atoms with Gasteiger partial charge in [0.1, 0.15) is 11.6 Å². The molecule has 2 aromatic rings. The number of rotatable bonds is 4. The molecule has 0 aliphatic carbocycles. The fourth-order valence-electron chi connectivity index (χ4n) is 1.64. The van der Waals surface area contributed by atoms with Crippen LogP contribution in [-0.2, 0) is 4.79 Å². The summed E-state index contributed by atoms with van der Waals surface area (Å²) in [5.74, 6) is -0.373. The van der Waals surface area contributed by atoms with Gasteiger partial charge in [0.25, 0.3) is 5.91 Å². The van der Waals surface area contributed by atoms with Crippen molar-refractivity contribution in [3.63, 3.8) is 0 Å². The molecular weight excluding hydrogens is 281 g/mol. The van der Waals surface area contributed by atoms with Crippen LogP contribution in [0.25, 0.3) is 0 Å². The van der Waals surface area contributed by atoms with Crippen LogP contribution in [0.15, 0.2) is 42.5 Å². The minimum absolute atomic E-state index is 0.0379. The summed E-state index contributed by atoms with van der Waals surface area (Å²) < 4.78 is 18.8. The van der Waals surface area contributed by atoms with Gasteiger partial charge in [-0.25, -0.2) is 4.39 Å². The standard InChI is InChI=1S/C15H13ClFNO2/c1-10-4-2-3-5-14(10)20-9-15(19)18-13-8-11(16)6-7-12(13)17/h2-8H,9H2,1H3,(H,18,19). The van der Waals surface area contributed by atoms with Gasteiger partial charge in [-0.15, -0.1) is 0 Å². The molecule has 2 rings (SSSR count). The zero-order chi connectivity index (χ0) is 14.5. The van der Waals surface area contributed by atoms with Gasteiger partial charge in [0.05, 0.1) is 5.69 Å². The van der Waals surface area contributed by atoms with Crippen LogP contribution < -0.4 is 10.1 Å². The van der Waals surface area contributed by atoms with Crippen LogP contribution in [0.5, 0.6) is 5.75 Å². The summed E-state index contributed by atoms with van der Waals surface area (Å²) in [6.45, 7) is 1.68. The normalized spacial score (nSPS) is 10.2. The van der Waals surface area contributed by atoms with Gasteiger partial charge >= 0.3 is 0 Å². The second kappa shape index (κ2) is 6.39. The Bertz CT molecular complexity index is 631. The first-order valence-electron chi connectivity index (χ1n) is 5.99. The van der Waals surface area contributed by atoms with Gasteiger partial charge in [-0.2, -0.15) is 0 Å². The first-order valence-corrected chi connectivity index (χ1v) is 6.37. The molecule has 0 spiro atoms. The molecule has 0 atom stereocenters. The van der Waals surface area contributed by atoms with E-state index in [2.05, 4.69) is 5.32 Å². The number of hydrogen-bond donors (Lipinski definition) is 1. The molecule has 0 saturated heterocycles. The maximum atomic E-state index is 13.4. The zero-order valence-electron chi connectivity index (χ0n) is 10.8. The molecule has 0 fully saturated rings. The highest BCUT2D eigenvalue weighted by Crippen LogP contribution is 2.20. The molecule has 0 radical (unpaired) electrons. The predicted octanol–water partition coefficient (Wildman–Crippen LogP) is 3.81. The number of ether oxygens (including phenoxy) is 1. The number of carbonyl (C=O) groups excluding carboxylic acids is 1. The summed E-state index contributed by atoms with van der Waals surface area (Å²) in [6.07, 6.45) is 0. The molecule has 2 aromatic carbocycles. The Morgan fingerprint density at radius 1 is 1.30 bits per heavy atom. The first-order chi connectivity index (χ1) is 9.56. The number of amides is 1. The van der Waals surface area contributed by atoms with E-state index in [-0.39, 0.29) is 12.3 Å². The fourth-order valence-corrected chi connectivity index (χ4v) is 1.81. The van der Waals surface area contributed by atoms with E-state index in [9.17, 15) is 9.18 Å². The third-order valence-corrected chi connectivity index (χ3v) is 2.89. The van der Waals surface area contributed by atoms with E-state index in [1.165, 1.54) is 18.2 Å². The maximum Gasteiger partial charge on any atom is 0.262 e. The average molecular weight is 294 g/mol. The molecule has 0 heterocycles. The second-order valence-electron chi connectivity index (χ2n) is 4.23. The SMILES string of the molecule is Cc1ccccc1OCC(=O)Nc1cc(Cl)ccc1F. The van der Waals surface area contributed by atoms with Crippen LogP contribution in [0.3, 0.4) is 0 Å². The number of para-hydroxylation sites is 1. The molecule has 0 aromatic heterocycles. The number of benzene rings is 2. The van der Waals surface area contributed by atoms with Crippen molar-refractivity contribution in [1.82, 2.24) is 0 Å². The highest BCUT2D eigenvalue weighted by atomic mass is 35.5. The Balaban J connectivity index is 1.96. The molecule has 0 saturated carbocycles. The number of nitrogens with one attached hydrogen (secondary N) is 1. The van der Waals surface area contributed by atoms with Crippen LogP contribution in [0.1, 0.15) is 5.56 Å². The van der Waals surface area contributed by atoms with Crippen molar-refractivity contribution in [2.75, 3.05) is 11.9 Å². The Morgan fingerprint density at radius 3 is 2.80 bits per heavy atom. The zero-order valence-corrected chi connectivity index (χ0v) is 11.6. The maximum absolute atomic E-state index is 13.4. The summed E-state index contributed by atoms with van der Waals surface area (Å²) in [7, 11) is 0. The molecule has 0 aliphatic rings. The number of hydrogen-bond acceptors (Lipinski definition) is 2. The van der Waals surface area contributed by atoms with E-state index in [0.717, 1.165) is 5.56 Å². The molecule has 104 valence electrons. The van der Waals surface area contributed by atoms with Crippen molar-refractivity contribution in [2.45, 2.75) is 6.92 Å². The Morgan fingerprint density at radius 2 is 2.05 bits per heavy atom. The molecule has 5 heteroatoms. The van der Waals surface area contributed by atoms with Crippen molar-refractivity contribution in [3.8, 4) is 5.75 Å². The van der Waals surface area contributed by atoms with Crippen LogP contribution >= 0.6 is 11.6 Å². The summed E-state index contributed by atoms with van der Waals surface area (Å²) in [4.78, 5) is 11.7. The molecule has 20 heavy (non-hydrogen) atoms. The highest BCUT2D eigenvalue weighted by molar-refractivity contribution is 6.30. The van der Waals surface area contributed by atoms with E-state index in [0.29, 0.717) is 10.8 Å². The number of anilines is 1. The van der Waals surface area contributed by atoms with Crippen molar-refractivity contribution < 1.29 is 13.9 Å². The Labute approximate surface area is 121 Å². The molecule has 0 unspecified atom stereocenters. The molecule has 1 amide bonds. The molecule has 0 aliphatic heterocycles. The molecular formula is C15H13ClFNO2. The molecule has 0 bridgehead atoms. The van der Waals surface area contributed by atoms with Gasteiger partial charge in [-0.3, -0.25) is 4.79 Å². The largest absolute Gasteiger partial charge is 0.483 e. The van der Waals surface area contributed by atoms with E-state index in [1.807, 2.05) is 25.1 Å². The smallest absolute Gasteiger partial charge is 0.262 e. The third-order valence-electron chi connectivity index (χ3n) is 2.65. The van der Waals surface area contributed by atoms with Gasteiger partial charge in [0.15, 0.2) is 6.61 Å². The van der Waals surface area contributed by atoms with Gasteiger partial charge in [-0.05, 0) is 36.8 Å². The third kappa shape index (κ3) is 3.71. The highest BCUT2D eigenvalue weighted by Gasteiger charge is 2.09. The van der Waals surface area contributed by atoms with Crippen molar-refractivity contribution in [1.29, 1.82) is 0 Å². The van der Waals surface area contributed by atoms with Crippen LogP contribution in [-0.4, -0.2) is 12.5 Å². The van der Waals surface area contributed by atoms with E-state index in [4.69, 9.17) is 16.3 Å². The molecule has 3 nitrogen and oxygen atoms in total. The summed E-state index contributed by atoms with van der Waals surface area (Å²) in [5, 5.41) is 2.77. The lowest BCUT2D eigenvalue weighted by molar-refractivity contribution is -0.118. The topological polar surface area (TPSA) is 38.3 Å². The van der Waals surface area contributed by atoms with Crippen LogP contribution in [0, 0.1) is 12.7 Å². The van der Waals surface area contributed by atoms with Gasteiger partial charge in [0.2, 0.25) is 0 Å². The first kappa shape index (κ1) is 14.3. The van der Waals surface area contributed by atoms with Crippen molar-refractivity contribution in [2.24, 2.45) is 0 Å². The van der Waals surface area contributed by atoms with Crippen LogP contribution in [0.4, 0.5) is 10.1 Å². The quantitative estimate of drug-likeness (QED) is 0.931. The monoisotopic (exact) mass is 293 g/mol. The number of carbonyl (C=O) groups is 1. The van der Waals surface area contributed by atoms with Gasteiger partial charge < -0.3 is 10.1 Å². The van der Waals surface area contributed by atoms with Crippen LogP contribution in [0.2, 0.25) is 5.02 Å². The lowest BCUT2D eigenvalue weighted by Gasteiger charge is -2.10. The van der Waals surface area contributed by atoms with Crippen molar-refractivity contribution >= 4 is 23.2 Å². The average Bonchev–Trinajstić information content (AvgIpc) is 2.42. The lowest BCUT2D eigenvalue weighted by Crippen LogP contribution is -2.21. The summed E-state index contributed by atoms with van der Waals surface area (Å²) in [5.41, 5.74) is 0.963. The minimum Gasteiger partial charge on any atom is -0.483 e. The lowest BCUT2D eigenvalue weighted by atomic mass is 10.2. The van der Waals surface area contributed by atoms with E-state index >= 15 is 0 Å². The predicted molar refractivity (Wildman–Crippen MR) is 76.7 cm³/mol. The fraction of sp³-hybridized carbons (Fsp3) is 0.133. The minimum atomic E-state index is -0.543. The second-order valence-corrected chi connectivity index (χ2v) is 4.66. The Kier molecular flexibility index (Phi) is 4.58. The number of aryl methyl sites for hydroxylation is 1.